The summed E-state index contributed by atoms with van der Waals surface area (Å²) < 4.78 is 201. The quantitative estimate of drug-likeness (QED) is 0.0681. The van der Waals surface area contributed by atoms with E-state index >= 15 is 17.6 Å². The minimum absolute atomic E-state index is 0. The molecule has 2 aromatic carbocycles. The number of nitrogens with one attached hydrogen (secondary N) is 3. The van der Waals surface area contributed by atoms with Crippen LogP contribution in [0.15, 0.2) is 65.7 Å². The number of nitrogens with zero attached hydrogens (tertiary/aromatic N) is 7. The van der Waals surface area contributed by atoms with Gasteiger partial charge in [-0.05, 0) is 175 Å². The highest BCUT2D eigenvalue weighted by Crippen LogP contribution is 2.62. The average molecular weight is 1740 g/mol. The number of amides is 4. The molecule has 0 radical (unpaired) electrons. The molecular formula is C85H104F8N10O16S2. The number of benzene rings is 2. The highest BCUT2D eigenvalue weighted by molar-refractivity contribution is 7.92. The minimum atomic E-state index is -4.28. The van der Waals surface area contributed by atoms with Gasteiger partial charge in [0.2, 0.25) is 68.3 Å². The third kappa shape index (κ3) is 18.4. The summed E-state index contributed by atoms with van der Waals surface area (Å²) in [6, 6.07) is 7.57. The Labute approximate surface area is 698 Å². The van der Waals surface area contributed by atoms with Gasteiger partial charge in [0.05, 0.1) is 116 Å². The van der Waals surface area contributed by atoms with Crippen molar-refractivity contribution in [3.8, 4) is 18.0 Å². The number of aliphatic imine (C=N–C) groups is 1. The zero-order chi connectivity index (χ0) is 87.5. The number of ketones is 2. The van der Waals surface area contributed by atoms with Gasteiger partial charge in [-0.2, -0.15) is 28.1 Å². The number of fused-ring (bicyclic) bond motifs is 10. The van der Waals surface area contributed by atoms with E-state index in [1.165, 1.54) is 72.2 Å². The monoisotopic (exact) mass is 1740 g/mol. The van der Waals surface area contributed by atoms with Crippen LogP contribution in [0.2, 0.25) is 0 Å². The largest absolute Gasteiger partial charge is 0.473 e. The van der Waals surface area contributed by atoms with Crippen LogP contribution in [0, 0.1) is 91.7 Å². The molecule has 11 aliphatic rings. The Morgan fingerprint density at radius 1 is 0.620 bits per heavy atom. The summed E-state index contributed by atoms with van der Waals surface area (Å²) in [5, 5.41) is 21.9. The third-order valence-corrected chi connectivity index (χ3v) is 30.8. The number of sulfonamides is 2. The first-order valence-electron chi connectivity index (χ1n) is 40.9. The van der Waals surface area contributed by atoms with Gasteiger partial charge in [0.1, 0.15) is 24.4 Å². The summed E-state index contributed by atoms with van der Waals surface area (Å²) in [7, 11) is -8.56. The SMILES string of the molecule is C.CC[C@@H]1[C@@H]2CN(C(=O)[C@H](C(C)(C)C)CC(=O)O[C@@H]3C[C@H]3CC/C=C/C(F)(F)C3Nc4ccc(C#N)cc4N=C3O2)[C@@H]1C(=O)C[C@]1(C(=O)NS(=O)(=O)C2(C)CC2)C[C@H]1C(F)F.CC[C@@H]1[C@@H]2CN(C(=O)[C@H](C(C)(C)C)CC(=O)O[C@@H]3C[C@H]3CC/C=C/C(F)(F)c3nc4ccc(C#N)cc4nc3O2)[C@@H]1C(=O)C[C@]1(C(=O)NS(=O)(=O)C2(C)CC2)C[C@H]1C(F)F. The molecule has 4 amide bonds. The lowest BCUT2D eigenvalue weighted by molar-refractivity contribution is -0.154. The van der Waals surface area contributed by atoms with E-state index in [1.54, 1.807) is 55.4 Å². The van der Waals surface area contributed by atoms with Crippen LogP contribution in [0.25, 0.3) is 11.0 Å². The van der Waals surface area contributed by atoms with E-state index in [2.05, 4.69) is 20.3 Å². The van der Waals surface area contributed by atoms with Crippen molar-refractivity contribution in [2.75, 3.05) is 18.4 Å². The molecule has 8 fully saturated rings. The number of nitriles is 2. The maximum atomic E-state index is 16.3. The molecule has 6 saturated carbocycles. The molecule has 36 heteroatoms. The molecule has 4 bridgehead atoms. The molecule has 121 heavy (non-hydrogen) atoms. The number of hydrogen-bond acceptors (Lipinski definition) is 22. The van der Waals surface area contributed by atoms with Crippen molar-refractivity contribution in [1.82, 2.24) is 29.2 Å². The fourth-order valence-electron chi connectivity index (χ4n) is 17.7. The van der Waals surface area contributed by atoms with E-state index in [9.17, 15) is 83.3 Å². The van der Waals surface area contributed by atoms with Crippen molar-refractivity contribution in [3.05, 3.63) is 77.5 Å². The Bertz CT molecular complexity index is 5070. The second kappa shape index (κ2) is 33.1. The molecular weight excluding hydrogens is 1630 g/mol. The Hall–Kier alpha value is -9.19. The lowest BCUT2D eigenvalue weighted by atomic mass is 9.77. The van der Waals surface area contributed by atoms with E-state index in [0.29, 0.717) is 31.8 Å². The Balaban J connectivity index is 0.000000220. The van der Waals surface area contributed by atoms with Crippen molar-refractivity contribution in [1.29, 1.82) is 10.5 Å². The lowest BCUT2D eigenvalue weighted by Crippen LogP contribution is -2.50. The third-order valence-electron chi connectivity index (χ3n) is 26.5. The van der Waals surface area contributed by atoms with E-state index in [0.717, 1.165) is 6.08 Å². The lowest BCUT2D eigenvalue weighted by Gasteiger charge is -2.35. The van der Waals surface area contributed by atoms with E-state index < -0.39 is 251 Å². The van der Waals surface area contributed by atoms with E-state index in [1.807, 2.05) is 21.6 Å². The van der Waals surface area contributed by atoms with Gasteiger partial charge in [-0.3, -0.25) is 47.8 Å². The van der Waals surface area contributed by atoms with Gasteiger partial charge in [0.15, 0.2) is 23.3 Å². The molecule has 6 aliphatic carbocycles. The zero-order valence-corrected chi connectivity index (χ0v) is 69.9. The van der Waals surface area contributed by atoms with Gasteiger partial charge in [-0.25, -0.2) is 49.4 Å². The average Bonchev–Trinajstić information content (AvgIpc) is 1.56. The zero-order valence-electron chi connectivity index (χ0n) is 68.2. The highest BCUT2D eigenvalue weighted by atomic mass is 32.2. The first kappa shape index (κ1) is 91.0. The summed E-state index contributed by atoms with van der Waals surface area (Å²) in [5.74, 6) is -22.8. The minimum Gasteiger partial charge on any atom is -0.473 e. The molecule has 6 heterocycles. The van der Waals surface area contributed by atoms with Crippen LogP contribution in [-0.2, 0) is 78.5 Å². The maximum Gasteiger partial charge on any atom is 0.313 e. The van der Waals surface area contributed by atoms with Gasteiger partial charge < -0.3 is 34.1 Å². The number of aromatic nitrogens is 2. The summed E-state index contributed by atoms with van der Waals surface area (Å²) in [6.07, 6.45) is -5.17. The maximum absolute atomic E-state index is 16.3. The van der Waals surface area contributed by atoms with Gasteiger partial charge in [0.25, 0.3) is 5.92 Å². The first-order valence-corrected chi connectivity index (χ1v) is 43.9. The van der Waals surface area contributed by atoms with Gasteiger partial charge in [-0.1, -0.05) is 75.0 Å². The summed E-state index contributed by atoms with van der Waals surface area (Å²) >= 11 is 0. The van der Waals surface area contributed by atoms with Crippen molar-refractivity contribution in [2.45, 2.75) is 269 Å². The second-order valence-corrected chi connectivity index (χ2v) is 41.5. The molecule has 14 rings (SSSR count). The Morgan fingerprint density at radius 2 is 1.07 bits per heavy atom. The molecule has 2 saturated heterocycles. The number of rotatable bonds is 16. The molecule has 3 N–H and O–H groups in total. The number of carbonyl (C=O) groups is 8. The molecule has 1 unspecified atom stereocenters. The number of allylic oxidation sites excluding steroid dienone is 3. The number of hydrogen-bond donors (Lipinski definition) is 3. The number of carbonyl (C=O) groups excluding carboxylic acids is 8. The van der Waals surface area contributed by atoms with Crippen molar-refractivity contribution in [3.63, 3.8) is 0 Å². The fourth-order valence-corrected chi connectivity index (χ4v) is 20.3. The molecule has 17 atom stereocenters. The molecule has 5 aliphatic heterocycles. The van der Waals surface area contributed by atoms with Crippen LogP contribution in [0.4, 0.5) is 46.5 Å². The van der Waals surface area contributed by atoms with Crippen LogP contribution in [0.5, 0.6) is 5.88 Å². The normalized spacial score (nSPS) is 32.4. The van der Waals surface area contributed by atoms with Gasteiger partial charge in [0, 0.05) is 36.5 Å². The fraction of sp³-hybridized carbons (Fsp3) is 0.659. The number of alkyl halides is 8. The molecule has 3 aromatic rings. The van der Waals surface area contributed by atoms with Crippen LogP contribution in [0.3, 0.4) is 0 Å². The predicted octanol–water partition coefficient (Wildman–Crippen LogP) is 13.0. The first-order chi connectivity index (χ1) is 56.1. The van der Waals surface area contributed by atoms with Crippen LogP contribution >= 0.6 is 0 Å². The smallest absolute Gasteiger partial charge is 0.313 e. The topological polar surface area (TPSA) is 370 Å². The predicted molar refractivity (Wildman–Crippen MR) is 423 cm³/mol. The summed E-state index contributed by atoms with van der Waals surface area (Å²) in [4.78, 5) is 129. The van der Waals surface area contributed by atoms with Gasteiger partial charge in [-0.15, -0.1) is 0 Å². The summed E-state index contributed by atoms with van der Waals surface area (Å²) in [6.45, 7) is 15.8. The van der Waals surface area contributed by atoms with E-state index in [4.69, 9.17) is 18.9 Å². The number of halogens is 8. The Kier molecular flexibility index (Phi) is 24.9. The van der Waals surface area contributed by atoms with Crippen LogP contribution in [0.1, 0.15) is 209 Å². The van der Waals surface area contributed by atoms with Crippen LogP contribution in [-0.4, -0.2) is 174 Å². The Morgan fingerprint density at radius 3 is 1.50 bits per heavy atom. The molecule has 26 nitrogen and oxygen atoms in total. The van der Waals surface area contributed by atoms with E-state index in [-0.39, 0.29) is 124 Å². The van der Waals surface area contributed by atoms with Crippen molar-refractivity contribution < 1.29 is 109 Å². The highest BCUT2D eigenvalue weighted by Gasteiger charge is 2.70. The molecule has 0 spiro atoms. The number of ether oxygens (including phenoxy) is 4. The number of Topliss-reactive ketones (excluding diaryl/α,β-unsaturated/α-hetero) is 2. The van der Waals surface area contributed by atoms with Crippen LogP contribution < -0.4 is 19.5 Å². The van der Waals surface area contributed by atoms with Crippen molar-refractivity contribution >= 4 is 95.5 Å². The molecule has 1 aromatic heterocycles. The molecule has 658 valence electrons. The standard InChI is InChI=1S/C42H51F4N5O8S.C42H49F4N5O8S.CH4/c2*1-6-24-31-21-51(33(24)29(52)19-41(18-26(41)35(43)44)38(55)50-60(56,57)40(5)13-14-40)37(54)25(39(2,3)4)17-32(53)58-30-16-23(30)9-7-8-12-42(45,46)34-36(59-31)49-28-15-22(20-47)10-11-27(28)48-34;/h8,10-12,15,23-26,30-31,33-35,48H,6-7,9,13-14,16-19,21H2,1-5H3,(H,50,55);8,10-12,15,23-26,30-31,33,35H,6-7,9,13-14,16-19,21H2,1-5H3,(H,50,55);1H4/b2*12-8+;/t23-,24-,25-,26+,30-,31+,33+,34?,41-;23-,24-,25-,26+,30-,31+,33+,41-;/m11./s1. The number of esters is 2. The van der Waals surface area contributed by atoms with Crippen molar-refractivity contribution in [2.24, 2.45) is 74.0 Å². The van der Waals surface area contributed by atoms with Gasteiger partial charge >= 0.3 is 17.9 Å². The summed E-state index contributed by atoms with van der Waals surface area (Å²) in [5.41, 5.74) is -6.05. The number of anilines is 1. The second-order valence-electron chi connectivity index (χ2n) is 37.1.